The summed E-state index contributed by atoms with van der Waals surface area (Å²) in [4.78, 5) is 6.96. The Balaban J connectivity index is 2.06. The van der Waals surface area contributed by atoms with E-state index in [-0.39, 0.29) is 0 Å². The van der Waals surface area contributed by atoms with Crippen molar-refractivity contribution in [2.75, 3.05) is 13.1 Å². The summed E-state index contributed by atoms with van der Waals surface area (Å²) in [5.74, 6) is 1.23. The molecule has 0 aromatic carbocycles. The minimum atomic E-state index is 0.379. The van der Waals surface area contributed by atoms with Gasteiger partial charge in [0, 0.05) is 31.5 Å². The number of nitrogens with zero attached hydrogens (tertiary/aromatic N) is 3. The molecular weight excluding hydrogens is 186 g/mol. The fourth-order valence-electron chi connectivity index (χ4n) is 2.27. The third kappa shape index (κ3) is 2.40. The standard InChI is InChI=1S/C12H21N3/c1-10-7-13-11-8-14(5-6-15(10)11)9-12(2,3)4/h7H,5-6,8-9H2,1-4H3. The van der Waals surface area contributed by atoms with E-state index in [1.165, 1.54) is 11.5 Å². The Morgan fingerprint density at radius 2 is 2.07 bits per heavy atom. The van der Waals surface area contributed by atoms with Crippen LogP contribution in [-0.4, -0.2) is 27.5 Å². The number of hydrogen-bond donors (Lipinski definition) is 0. The topological polar surface area (TPSA) is 21.1 Å². The summed E-state index contributed by atoms with van der Waals surface area (Å²) in [5, 5.41) is 0. The van der Waals surface area contributed by atoms with Gasteiger partial charge in [0.1, 0.15) is 5.82 Å². The van der Waals surface area contributed by atoms with E-state index in [4.69, 9.17) is 0 Å². The Hall–Kier alpha value is -0.830. The van der Waals surface area contributed by atoms with Gasteiger partial charge < -0.3 is 4.57 Å². The Kier molecular flexibility index (Phi) is 2.59. The quantitative estimate of drug-likeness (QED) is 0.703. The van der Waals surface area contributed by atoms with E-state index in [0.29, 0.717) is 5.41 Å². The second kappa shape index (κ2) is 3.63. The van der Waals surface area contributed by atoms with Crippen LogP contribution in [0.2, 0.25) is 0 Å². The van der Waals surface area contributed by atoms with Gasteiger partial charge >= 0.3 is 0 Å². The summed E-state index contributed by atoms with van der Waals surface area (Å²) in [7, 11) is 0. The van der Waals surface area contributed by atoms with Crippen LogP contribution >= 0.6 is 0 Å². The molecular formula is C12H21N3. The molecule has 1 aromatic rings. The molecule has 0 saturated heterocycles. The van der Waals surface area contributed by atoms with Crippen LogP contribution in [0.25, 0.3) is 0 Å². The molecule has 0 N–H and O–H groups in total. The summed E-state index contributed by atoms with van der Waals surface area (Å²) < 4.78 is 2.33. The first-order valence-corrected chi connectivity index (χ1v) is 5.69. The number of aryl methyl sites for hydroxylation is 1. The second-order valence-corrected chi connectivity index (χ2v) is 5.74. The van der Waals surface area contributed by atoms with Crippen molar-refractivity contribution >= 4 is 0 Å². The maximum Gasteiger partial charge on any atom is 0.123 e. The van der Waals surface area contributed by atoms with Gasteiger partial charge in [-0.05, 0) is 12.3 Å². The van der Waals surface area contributed by atoms with Gasteiger partial charge in [-0.3, -0.25) is 4.90 Å². The minimum Gasteiger partial charge on any atom is -0.330 e. The lowest BCUT2D eigenvalue weighted by atomic mass is 9.96. The van der Waals surface area contributed by atoms with Gasteiger partial charge in [0.05, 0.1) is 6.54 Å². The molecule has 2 heterocycles. The Bertz CT molecular complexity index is 346. The number of hydrogen-bond acceptors (Lipinski definition) is 2. The van der Waals surface area contributed by atoms with Crippen LogP contribution in [0, 0.1) is 12.3 Å². The second-order valence-electron chi connectivity index (χ2n) is 5.74. The molecule has 0 fully saturated rings. The fraction of sp³-hybridized carbons (Fsp3) is 0.750. The van der Waals surface area contributed by atoms with E-state index in [9.17, 15) is 0 Å². The first-order valence-electron chi connectivity index (χ1n) is 5.69. The molecule has 1 aliphatic rings. The average molecular weight is 207 g/mol. The molecule has 0 saturated carbocycles. The van der Waals surface area contributed by atoms with E-state index in [2.05, 4.69) is 42.1 Å². The lowest BCUT2D eigenvalue weighted by Crippen LogP contribution is -2.39. The maximum atomic E-state index is 4.46. The minimum absolute atomic E-state index is 0.379. The molecule has 1 aromatic heterocycles. The normalized spacial score (nSPS) is 17.9. The molecule has 0 spiro atoms. The smallest absolute Gasteiger partial charge is 0.123 e. The fourth-order valence-corrected chi connectivity index (χ4v) is 2.27. The monoisotopic (exact) mass is 207 g/mol. The van der Waals surface area contributed by atoms with E-state index in [1.54, 1.807) is 0 Å². The molecule has 0 aliphatic carbocycles. The largest absolute Gasteiger partial charge is 0.330 e. The van der Waals surface area contributed by atoms with Crippen LogP contribution in [-0.2, 0) is 13.1 Å². The number of rotatable bonds is 1. The summed E-state index contributed by atoms with van der Waals surface area (Å²) in [5.41, 5.74) is 1.67. The van der Waals surface area contributed by atoms with Crippen molar-refractivity contribution < 1.29 is 0 Å². The third-order valence-corrected chi connectivity index (χ3v) is 2.84. The van der Waals surface area contributed by atoms with Gasteiger partial charge in [-0.25, -0.2) is 4.98 Å². The van der Waals surface area contributed by atoms with Gasteiger partial charge in [0.25, 0.3) is 0 Å². The summed E-state index contributed by atoms with van der Waals surface area (Å²) >= 11 is 0. The first kappa shape index (κ1) is 10.7. The van der Waals surface area contributed by atoms with Crippen molar-refractivity contribution in [3.63, 3.8) is 0 Å². The highest BCUT2D eigenvalue weighted by Gasteiger charge is 2.22. The average Bonchev–Trinajstić information content (AvgIpc) is 2.45. The van der Waals surface area contributed by atoms with Gasteiger partial charge in [-0.1, -0.05) is 20.8 Å². The molecule has 0 unspecified atom stereocenters. The lowest BCUT2D eigenvalue weighted by molar-refractivity contribution is 0.154. The molecule has 3 nitrogen and oxygen atoms in total. The number of fused-ring (bicyclic) bond motifs is 1. The van der Waals surface area contributed by atoms with E-state index >= 15 is 0 Å². The highest BCUT2D eigenvalue weighted by Crippen LogP contribution is 2.20. The Morgan fingerprint density at radius 1 is 1.33 bits per heavy atom. The van der Waals surface area contributed by atoms with Crippen molar-refractivity contribution in [2.24, 2.45) is 5.41 Å². The maximum absolute atomic E-state index is 4.46. The molecule has 84 valence electrons. The van der Waals surface area contributed by atoms with Crippen LogP contribution < -0.4 is 0 Å². The first-order chi connectivity index (χ1) is 6.96. The van der Waals surface area contributed by atoms with E-state index < -0.39 is 0 Å². The van der Waals surface area contributed by atoms with Gasteiger partial charge in [-0.2, -0.15) is 0 Å². The van der Waals surface area contributed by atoms with Crippen LogP contribution in [0.3, 0.4) is 0 Å². The molecule has 1 aliphatic heterocycles. The molecule has 0 atom stereocenters. The van der Waals surface area contributed by atoms with Crippen LogP contribution in [0.4, 0.5) is 0 Å². The molecule has 0 radical (unpaired) electrons. The number of aromatic nitrogens is 2. The van der Waals surface area contributed by atoms with Gasteiger partial charge in [-0.15, -0.1) is 0 Å². The molecule has 3 heteroatoms. The van der Waals surface area contributed by atoms with Gasteiger partial charge in [0.2, 0.25) is 0 Å². The van der Waals surface area contributed by atoms with E-state index in [0.717, 1.165) is 26.2 Å². The van der Waals surface area contributed by atoms with Crippen LogP contribution in [0.15, 0.2) is 6.20 Å². The van der Waals surface area contributed by atoms with Gasteiger partial charge in [0.15, 0.2) is 0 Å². The third-order valence-electron chi connectivity index (χ3n) is 2.84. The van der Waals surface area contributed by atoms with Crippen molar-refractivity contribution in [1.82, 2.24) is 14.5 Å². The summed E-state index contributed by atoms with van der Waals surface area (Å²) in [6.07, 6.45) is 1.98. The van der Waals surface area contributed by atoms with Crippen LogP contribution in [0.1, 0.15) is 32.3 Å². The summed E-state index contributed by atoms with van der Waals surface area (Å²) in [6.45, 7) is 13.4. The Morgan fingerprint density at radius 3 is 2.73 bits per heavy atom. The highest BCUT2D eigenvalue weighted by atomic mass is 15.2. The van der Waals surface area contributed by atoms with Crippen molar-refractivity contribution in [3.8, 4) is 0 Å². The van der Waals surface area contributed by atoms with Crippen molar-refractivity contribution in [3.05, 3.63) is 17.7 Å². The highest BCUT2D eigenvalue weighted by molar-refractivity contribution is 5.05. The molecule has 15 heavy (non-hydrogen) atoms. The molecule has 0 amide bonds. The Labute approximate surface area is 92.1 Å². The van der Waals surface area contributed by atoms with Crippen molar-refractivity contribution in [1.29, 1.82) is 0 Å². The molecule has 2 rings (SSSR count). The lowest BCUT2D eigenvalue weighted by Gasteiger charge is -2.33. The zero-order chi connectivity index (χ0) is 11.1. The summed E-state index contributed by atoms with van der Waals surface area (Å²) in [6, 6.07) is 0. The number of imidazole rings is 1. The zero-order valence-electron chi connectivity index (χ0n) is 10.2. The van der Waals surface area contributed by atoms with E-state index in [1.807, 2.05) is 6.20 Å². The SMILES string of the molecule is Cc1cnc2n1CCN(CC(C)(C)C)C2. The predicted octanol–water partition coefficient (Wildman–Crippen LogP) is 2.05. The predicted molar refractivity (Wildman–Crippen MR) is 61.7 cm³/mol. The van der Waals surface area contributed by atoms with Crippen molar-refractivity contribution in [2.45, 2.75) is 40.8 Å². The molecule has 0 bridgehead atoms. The van der Waals surface area contributed by atoms with Crippen LogP contribution in [0.5, 0.6) is 0 Å². The zero-order valence-corrected chi connectivity index (χ0v) is 10.2.